The second-order valence-corrected chi connectivity index (χ2v) is 7.64. The fourth-order valence-electron chi connectivity index (χ4n) is 3.33. The summed E-state index contributed by atoms with van der Waals surface area (Å²) in [4.78, 5) is 25.6. The number of urea groups is 1. The Balaban J connectivity index is 1.91. The molecule has 0 bridgehead atoms. The highest BCUT2D eigenvalue weighted by molar-refractivity contribution is 6.32. The normalized spacial score (nSPS) is 19.9. The number of imide groups is 1. The number of aryl methyl sites for hydroxylation is 1. The zero-order chi connectivity index (χ0) is 20.5. The Kier molecular flexibility index (Phi) is 5.56. The zero-order valence-corrected chi connectivity index (χ0v) is 17.2. The molecule has 1 fully saturated rings. The van der Waals surface area contributed by atoms with Crippen LogP contribution in [0.2, 0.25) is 5.15 Å². The second-order valence-electron chi connectivity index (χ2n) is 7.28. The predicted octanol–water partition coefficient (Wildman–Crippen LogP) is 3.69. The monoisotopic (exact) mass is 401 g/mol. The number of hydrogen-bond donors (Lipinski definition) is 1. The van der Waals surface area contributed by atoms with Crippen LogP contribution < -0.4 is 5.32 Å². The Morgan fingerprint density at radius 2 is 1.96 bits per heavy atom. The maximum Gasteiger partial charge on any atom is 0.346 e. The van der Waals surface area contributed by atoms with Gasteiger partial charge in [0.2, 0.25) is 0 Å². The van der Waals surface area contributed by atoms with Crippen molar-refractivity contribution in [3.05, 3.63) is 52.3 Å². The highest BCUT2D eigenvalue weighted by atomic mass is 35.5. The van der Waals surface area contributed by atoms with Crippen molar-refractivity contribution in [2.75, 3.05) is 0 Å². The number of nitrogens with one attached hydrogen (secondary N) is 1. The first-order chi connectivity index (χ1) is 13.3. The molecular formula is C20H24ClN5O2. The van der Waals surface area contributed by atoms with E-state index >= 15 is 0 Å². The van der Waals surface area contributed by atoms with E-state index in [4.69, 9.17) is 11.6 Å². The Morgan fingerprint density at radius 3 is 2.57 bits per heavy atom. The van der Waals surface area contributed by atoms with E-state index in [9.17, 15) is 9.59 Å². The SMILES string of the molecule is CC[C@@]1(c2ccccc2)NC(=O)N(N=Cc2c(C)nn(CC(C)C)c2Cl)C1=O. The molecule has 28 heavy (non-hydrogen) atoms. The summed E-state index contributed by atoms with van der Waals surface area (Å²) in [6.45, 7) is 8.49. The minimum absolute atomic E-state index is 0.378. The quantitative estimate of drug-likeness (QED) is 0.592. The van der Waals surface area contributed by atoms with E-state index in [1.165, 1.54) is 6.21 Å². The van der Waals surface area contributed by atoms with Crippen molar-refractivity contribution >= 4 is 29.8 Å². The van der Waals surface area contributed by atoms with E-state index in [0.29, 0.717) is 35.3 Å². The first-order valence-electron chi connectivity index (χ1n) is 9.29. The van der Waals surface area contributed by atoms with Crippen LogP contribution in [0.4, 0.5) is 4.79 Å². The standard InChI is InChI=1S/C20H24ClN5O2/c1-5-20(15-9-7-6-8-10-15)18(27)26(19(28)23-20)22-11-16-14(4)24-25(17(16)21)12-13(2)3/h6-11,13H,5,12H2,1-4H3,(H,23,28)/t20-/m0/s1. The number of carbonyl (C=O) groups excluding carboxylic acids is 2. The smallest absolute Gasteiger partial charge is 0.318 e. The molecule has 0 aliphatic carbocycles. The van der Waals surface area contributed by atoms with Crippen molar-refractivity contribution in [3.63, 3.8) is 0 Å². The van der Waals surface area contributed by atoms with E-state index in [1.807, 2.05) is 44.2 Å². The van der Waals surface area contributed by atoms with Gasteiger partial charge in [0.15, 0.2) is 0 Å². The lowest BCUT2D eigenvalue weighted by molar-refractivity contribution is -0.131. The third-order valence-corrected chi connectivity index (χ3v) is 5.22. The van der Waals surface area contributed by atoms with Gasteiger partial charge in [-0.05, 0) is 24.8 Å². The first kappa shape index (κ1) is 20.1. The minimum Gasteiger partial charge on any atom is -0.318 e. The van der Waals surface area contributed by atoms with Gasteiger partial charge in [0, 0.05) is 6.54 Å². The number of amides is 3. The van der Waals surface area contributed by atoms with Crippen LogP contribution in [0.5, 0.6) is 0 Å². The van der Waals surface area contributed by atoms with Crippen LogP contribution in [-0.4, -0.2) is 32.9 Å². The topological polar surface area (TPSA) is 79.6 Å². The van der Waals surface area contributed by atoms with Gasteiger partial charge in [-0.25, -0.2) is 4.79 Å². The second kappa shape index (κ2) is 7.75. The maximum absolute atomic E-state index is 13.1. The molecule has 2 aromatic rings. The largest absolute Gasteiger partial charge is 0.346 e. The van der Waals surface area contributed by atoms with Crippen molar-refractivity contribution < 1.29 is 9.59 Å². The van der Waals surface area contributed by atoms with Crippen molar-refractivity contribution in [2.24, 2.45) is 11.0 Å². The molecule has 1 atom stereocenters. The van der Waals surface area contributed by atoms with Gasteiger partial charge in [0.25, 0.3) is 5.91 Å². The van der Waals surface area contributed by atoms with Gasteiger partial charge >= 0.3 is 6.03 Å². The van der Waals surface area contributed by atoms with Crippen molar-refractivity contribution in [2.45, 2.75) is 46.2 Å². The highest BCUT2D eigenvalue weighted by Crippen LogP contribution is 2.32. The van der Waals surface area contributed by atoms with E-state index < -0.39 is 17.5 Å². The molecule has 0 spiro atoms. The summed E-state index contributed by atoms with van der Waals surface area (Å²) in [5.41, 5.74) is 0.895. The van der Waals surface area contributed by atoms with Gasteiger partial charge in [-0.2, -0.15) is 10.2 Å². The average Bonchev–Trinajstić information content (AvgIpc) is 3.07. The third-order valence-electron chi connectivity index (χ3n) is 4.82. The summed E-state index contributed by atoms with van der Waals surface area (Å²) in [6, 6.07) is 8.63. The number of benzene rings is 1. The van der Waals surface area contributed by atoms with Crippen molar-refractivity contribution in [3.8, 4) is 0 Å². The molecule has 0 radical (unpaired) electrons. The maximum atomic E-state index is 13.1. The van der Waals surface area contributed by atoms with Gasteiger partial charge in [0.1, 0.15) is 10.7 Å². The van der Waals surface area contributed by atoms with Crippen LogP contribution >= 0.6 is 11.6 Å². The van der Waals surface area contributed by atoms with E-state index in [2.05, 4.69) is 29.4 Å². The fraction of sp³-hybridized carbons (Fsp3) is 0.400. The van der Waals surface area contributed by atoms with E-state index in [1.54, 1.807) is 4.68 Å². The molecule has 148 valence electrons. The molecule has 3 amide bonds. The summed E-state index contributed by atoms with van der Waals surface area (Å²) in [5.74, 6) is -0.0330. The lowest BCUT2D eigenvalue weighted by atomic mass is 9.87. The molecular weight excluding hydrogens is 378 g/mol. The molecule has 2 heterocycles. The number of nitrogens with zero attached hydrogens (tertiary/aromatic N) is 4. The van der Waals surface area contributed by atoms with Gasteiger partial charge in [-0.1, -0.05) is 62.7 Å². The number of halogens is 1. The number of carbonyl (C=O) groups is 2. The molecule has 0 saturated carbocycles. The highest BCUT2D eigenvalue weighted by Gasteiger charge is 2.51. The Morgan fingerprint density at radius 1 is 1.29 bits per heavy atom. The van der Waals surface area contributed by atoms with Gasteiger partial charge in [-0.15, -0.1) is 5.01 Å². The first-order valence-corrected chi connectivity index (χ1v) is 9.67. The lowest BCUT2D eigenvalue weighted by Gasteiger charge is -2.24. The Bertz CT molecular complexity index is 922. The number of rotatable bonds is 6. The van der Waals surface area contributed by atoms with Crippen LogP contribution in [0, 0.1) is 12.8 Å². The number of hydrazone groups is 1. The Labute approximate surface area is 169 Å². The van der Waals surface area contributed by atoms with Gasteiger partial charge in [0.05, 0.1) is 17.5 Å². The molecule has 7 nitrogen and oxygen atoms in total. The molecule has 1 aliphatic heterocycles. The lowest BCUT2D eigenvalue weighted by Crippen LogP contribution is -2.43. The molecule has 3 rings (SSSR count). The average molecular weight is 402 g/mol. The molecule has 8 heteroatoms. The third kappa shape index (κ3) is 3.42. The molecule has 1 saturated heterocycles. The number of hydrogen-bond acceptors (Lipinski definition) is 4. The molecule has 0 unspecified atom stereocenters. The van der Waals surface area contributed by atoms with Gasteiger partial charge in [-0.3, -0.25) is 9.48 Å². The molecule has 1 aromatic heterocycles. The van der Waals surface area contributed by atoms with Crippen LogP contribution in [0.15, 0.2) is 35.4 Å². The fourth-order valence-corrected chi connectivity index (χ4v) is 3.62. The van der Waals surface area contributed by atoms with Crippen LogP contribution in [0.3, 0.4) is 0 Å². The summed E-state index contributed by atoms with van der Waals surface area (Å²) in [6.07, 6.45) is 1.84. The van der Waals surface area contributed by atoms with E-state index in [-0.39, 0.29) is 0 Å². The minimum atomic E-state index is -1.11. The van der Waals surface area contributed by atoms with Crippen LogP contribution in [0.25, 0.3) is 0 Å². The number of aromatic nitrogens is 2. The van der Waals surface area contributed by atoms with E-state index in [0.717, 1.165) is 10.6 Å². The summed E-state index contributed by atoms with van der Waals surface area (Å²) < 4.78 is 1.70. The summed E-state index contributed by atoms with van der Waals surface area (Å²) >= 11 is 6.42. The molecule has 1 N–H and O–H groups in total. The summed E-state index contributed by atoms with van der Waals surface area (Å²) in [5, 5.41) is 12.7. The predicted molar refractivity (Wildman–Crippen MR) is 108 cm³/mol. The molecule has 1 aliphatic rings. The van der Waals surface area contributed by atoms with Crippen molar-refractivity contribution in [1.82, 2.24) is 20.1 Å². The Hall–Kier alpha value is -2.67. The summed E-state index contributed by atoms with van der Waals surface area (Å²) in [7, 11) is 0. The zero-order valence-electron chi connectivity index (χ0n) is 16.4. The van der Waals surface area contributed by atoms with Crippen molar-refractivity contribution in [1.29, 1.82) is 0 Å². The molecule has 1 aromatic carbocycles. The van der Waals surface area contributed by atoms with Gasteiger partial charge < -0.3 is 5.32 Å². The van der Waals surface area contributed by atoms with Crippen LogP contribution in [-0.2, 0) is 16.9 Å². The van der Waals surface area contributed by atoms with Crippen LogP contribution in [0.1, 0.15) is 44.0 Å².